The van der Waals surface area contributed by atoms with E-state index in [1.54, 1.807) is 29.4 Å². The summed E-state index contributed by atoms with van der Waals surface area (Å²) in [6, 6.07) is 6.19. The summed E-state index contributed by atoms with van der Waals surface area (Å²) < 4.78 is 4.11. The van der Waals surface area contributed by atoms with Gasteiger partial charge >= 0.3 is 0 Å². The minimum atomic E-state index is 0.600. The second-order valence-corrected chi connectivity index (χ2v) is 7.49. The summed E-state index contributed by atoms with van der Waals surface area (Å²) in [5.74, 6) is 1.78. The van der Waals surface area contributed by atoms with Gasteiger partial charge in [0.1, 0.15) is 22.7 Å². The first kappa shape index (κ1) is 15.3. The monoisotopic (exact) mass is 356 g/mol. The number of fused-ring (bicyclic) bond motifs is 2. The van der Waals surface area contributed by atoms with Crippen molar-refractivity contribution < 1.29 is 0 Å². The van der Waals surface area contributed by atoms with Crippen LogP contribution in [0, 0.1) is 6.92 Å². The van der Waals surface area contributed by atoms with Crippen LogP contribution in [0.5, 0.6) is 0 Å². The predicted octanol–water partition coefficient (Wildman–Crippen LogP) is 3.62. The molecule has 0 spiro atoms. The van der Waals surface area contributed by atoms with Crippen molar-refractivity contribution in [3.05, 3.63) is 35.9 Å². The van der Waals surface area contributed by atoms with Crippen LogP contribution < -0.4 is 5.32 Å². The van der Waals surface area contributed by atoms with Gasteiger partial charge in [0.2, 0.25) is 0 Å². The molecule has 0 aliphatic carbocycles. The standard InChI is InChI=1S/C16H16N6S2/c1-9-5-4-6-10-12(9)22(2)11(20-10)7-17-14-13-15(19-8-18-14)21-16(23-3)24-13/h4-6,8H,7H2,1-3H3,(H,17,18,19). The van der Waals surface area contributed by atoms with Gasteiger partial charge in [0.05, 0.1) is 17.6 Å². The molecule has 0 aliphatic heterocycles. The summed E-state index contributed by atoms with van der Waals surface area (Å²) in [5.41, 5.74) is 4.15. The molecule has 6 nitrogen and oxygen atoms in total. The van der Waals surface area contributed by atoms with Crippen LogP contribution in [0.4, 0.5) is 5.82 Å². The highest BCUT2D eigenvalue weighted by atomic mass is 32.2. The molecule has 0 unspecified atom stereocenters. The van der Waals surface area contributed by atoms with E-state index in [4.69, 9.17) is 4.98 Å². The van der Waals surface area contributed by atoms with Crippen molar-refractivity contribution in [2.24, 2.45) is 7.05 Å². The van der Waals surface area contributed by atoms with Crippen LogP contribution in [0.15, 0.2) is 28.9 Å². The van der Waals surface area contributed by atoms with E-state index >= 15 is 0 Å². The van der Waals surface area contributed by atoms with E-state index in [-0.39, 0.29) is 0 Å². The minimum absolute atomic E-state index is 0.600. The van der Waals surface area contributed by atoms with Crippen LogP contribution in [0.25, 0.3) is 21.4 Å². The first-order valence-corrected chi connectivity index (χ1v) is 9.52. The Balaban J connectivity index is 1.67. The topological polar surface area (TPSA) is 68.5 Å². The molecule has 0 radical (unpaired) electrons. The van der Waals surface area contributed by atoms with Crippen molar-refractivity contribution in [1.82, 2.24) is 24.5 Å². The molecule has 1 N–H and O–H groups in total. The Hall–Kier alpha value is -2.19. The number of aromatic nitrogens is 5. The van der Waals surface area contributed by atoms with Gasteiger partial charge in [-0.15, -0.1) is 11.3 Å². The molecular formula is C16H16N6S2. The van der Waals surface area contributed by atoms with Gasteiger partial charge in [-0.2, -0.15) is 0 Å². The fourth-order valence-corrected chi connectivity index (χ4v) is 4.26. The molecule has 24 heavy (non-hydrogen) atoms. The van der Waals surface area contributed by atoms with Crippen LogP contribution in [-0.2, 0) is 13.6 Å². The summed E-state index contributed by atoms with van der Waals surface area (Å²) in [7, 11) is 2.05. The van der Waals surface area contributed by atoms with Gasteiger partial charge in [-0.3, -0.25) is 0 Å². The van der Waals surface area contributed by atoms with Crippen LogP contribution in [0.2, 0.25) is 0 Å². The number of nitrogens with one attached hydrogen (secondary N) is 1. The maximum atomic E-state index is 4.73. The van der Waals surface area contributed by atoms with Crippen molar-refractivity contribution in [3.8, 4) is 0 Å². The van der Waals surface area contributed by atoms with Crippen molar-refractivity contribution in [2.75, 3.05) is 11.6 Å². The third-order valence-electron chi connectivity index (χ3n) is 3.95. The van der Waals surface area contributed by atoms with Crippen molar-refractivity contribution in [3.63, 3.8) is 0 Å². The molecule has 3 heterocycles. The first-order valence-electron chi connectivity index (χ1n) is 7.47. The Kier molecular flexibility index (Phi) is 3.85. The number of hydrogen-bond donors (Lipinski definition) is 1. The van der Waals surface area contributed by atoms with Gasteiger partial charge in [0, 0.05) is 7.05 Å². The molecule has 0 saturated carbocycles. The average molecular weight is 356 g/mol. The first-order chi connectivity index (χ1) is 11.7. The molecular weight excluding hydrogens is 340 g/mol. The number of para-hydroxylation sites is 1. The molecule has 0 atom stereocenters. The van der Waals surface area contributed by atoms with E-state index < -0.39 is 0 Å². The number of aryl methyl sites for hydroxylation is 2. The largest absolute Gasteiger partial charge is 0.361 e. The molecule has 8 heteroatoms. The van der Waals surface area contributed by atoms with Gasteiger partial charge in [-0.05, 0) is 24.8 Å². The Morgan fingerprint density at radius 1 is 1.25 bits per heavy atom. The average Bonchev–Trinajstić information content (AvgIpc) is 3.15. The zero-order valence-electron chi connectivity index (χ0n) is 13.6. The fraction of sp³-hybridized carbons (Fsp3) is 0.250. The van der Waals surface area contributed by atoms with E-state index in [0.717, 1.165) is 31.8 Å². The number of nitrogens with zero attached hydrogens (tertiary/aromatic N) is 5. The highest BCUT2D eigenvalue weighted by Gasteiger charge is 2.12. The van der Waals surface area contributed by atoms with E-state index in [9.17, 15) is 0 Å². The number of imidazole rings is 1. The number of anilines is 1. The highest BCUT2D eigenvalue weighted by molar-refractivity contribution is 8.00. The second kappa shape index (κ2) is 6.03. The molecule has 3 aromatic heterocycles. The van der Waals surface area contributed by atoms with Crippen LogP contribution in [0.1, 0.15) is 11.4 Å². The summed E-state index contributed by atoms with van der Waals surface area (Å²) in [5, 5.41) is 3.39. The molecule has 0 bridgehead atoms. The number of rotatable bonds is 4. The maximum Gasteiger partial charge on any atom is 0.176 e. The lowest BCUT2D eigenvalue weighted by Gasteiger charge is -2.06. The van der Waals surface area contributed by atoms with E-state index in [0.29, 0.717) is 6.54 Å². The Morgan fingerprint density at radius 2 is 2.12 bits per heavy atom. The molecule has 1 aromatic carbocycles. The predicted molar refractivity (Wildman–Crippen MR) is 99.8 cm³/mol. The Morgan fingerprint density at radius 3 is 2.92 bits per heavy atom. The number of hydrogen-bond acceptors (Lipinski definition) is 7. The quantitative estimate of drug-likeness (QED) is 0.563. The van der Waals surface area contributed by atoms with Gasteiger partial charge in [-0.1, -0.05) is 23.9 Å². The van der Waals surface area contributed by atoms with Gasteiger partial charge in [0.15, 0.2) is 9.99 Å². The maximum absolute atomic E-state index is 4.73. The molecule has 122 valence electrons. The van der Waals surface area contributed by atoms with Gasteiger partial charge in [0.25, 0.3) is 0 Å². The zero-order chi connectivity index (χ0) is 16.7. The summed E-state index contributed by atoms with van der Waals surface area (Å²) in [4.78, 5) is 17.8. The third kappa shape index (κ3) is 2.51. The fourth-order valence-electron chi connectivity index (χ4n) is 2.78. The molecule has 0 amide bonds. The molecule has 0 saturated heterocycles. The second-order valence-electron chi connectivity index (χ2n) is 5.44. The summed E-state index contributed by atoms with van der Waals surface area (Å²) >= 11 is 3.23. The summed E-state index contributed by atoms with van der Waals surface area (Å²) in [6.45, 7) is 2.71. The van der Waals surface area contributed by atoms with Crippen molar-refractivity contribution in [1.29, 1.82) is 0 Å². The lowest BCUT2D eigenvalue weighted by molar-refractivity contribution is 0.831. The molecule has 0 fully saturated rings. The highest BCUT2D eigenvalue weighted by Crippen LogP contribution is 2.31. The lowest BCUT2D eigenvalue weighted by atomic mass is 10.2. The molecule has 4 rings (SSSR count). The number of thioether (sulfide) groups is 1. The minimum Gasteiger partial charge on any atom is -0.361 e. The molecule has 4 aromatic rings. The smallest absolute Gasteiger partial charge is 0.176 e. The number of benzene rings is 1. The lowest BCUT2D eigenvalue weighted by Crippen LogP contribution is -2.07. The van der Waals surface area contributed by atoms with Crippen LogP contribution >= 0.6 is 23.1 Å². The van der Waals surface area contributed by atoms with E-state index in [1.165, 1.54) is 11.1 Å². The zero-order valence-corrected chi connectivity index (χ0v) is 15.2. The van der Waals surface area contributed by atoms with Crippen LogP contribution in [-0.4, -0.2) is 30.8 Å². The third-order valence-corrected chi connectivity index (χ3v) is 5.99. The summed E-state index contributed by atoms with van der Waals surface area (Å²) in [6.07, 6.45) is 3.56. The van der Waals surface area contributed by atoms with Gasteiger partial charge < -0.3 is 9.88 Å². The number of thiazole rings is 1. The van der Waals surface area contributed by atoms with Crippen molar-refractivity contribution >= 4 is 50.3 Å². The van der Waals surface area contributed by atoms with E-state index in [1.807, 2.05) is 25.4 Å². The van der Waals surface area contributed by atoms with E-state index in [2.05, 4.69) is 37.8 Å². The van der Waals surface area contributed by atoms with Crippen molar-refractivity contribution in [2.45, 2.75) is 17.8 Å². The van der Waals surface area contributed by atoms with Gasteiger partial charge in [-0.25, -0.2) is 19.9 Å². The van der Waals surface area contributed by atoms with Crippen LogP contribution in [0.3, 0.4) is 0 Å². The Labute approximate surface area is 147 Å². The normalized spacial score (nSPS) is 11.5. The Bertz CT molecular complexity index is 1040. The molecule has 0 aliphatic rings. The SMILES string of the molecule is CSc1nc2ncnc(NCc3nc4cccc(C)c4n3C)c2s1.